The van der Waals surface area contributed by atoms with Crippen LogP contribution in [0.15, 0.2) is 69.4 Å². The van der Waals surface area contributed by atoms with E-state index < -0.39 is 23.1 Å². The molecule has 6 rings (SSSR count). The van der Waals surface area contributed by atoms with E-state index in [1.165, 1.54) is 24.0 Å². The lowest BCUT2D eigenvalue weighted by Gasteiger charge is -2.60. The Morgan fingerprint density at radius 1 is 1.22 bits per heavy atom. The van der Waals surface area contributed by atoms with Gasteiger partial charge < -0.3 is 25.1 Å². The molecule has 8 nitrogen and oxygen atoms in total. The first-order chi connectivity index (χ1) is 21.5. The van der Waals surface area contributed by atoms with E-state index >= 15 is 0 Å². The number of esters is 1. The minimum atomic E-state index is -1.47. The van der Waals surface area contributed by atoms with Crippen molar-refractivity contribution in [3.8, 4) is 0 Å². The Balaban J connectivity index is 1.35. The number of furan rings is 1. The zero-order chi connectivity index (χ0) is 32.1. The Labute approximate surface area is 267 Å². The van der Waals surface area contributed by atoms with Gasteiger partial charge >= 0.3 is 5.97 Å². The number of fused-ring (bicyclic) bond motifs is 5. The predicted molar refractivity (Wildman–Crippen MR) is 170 cm³/mol. The minimum Gasteiger partial charge on any atom is -0.457 e. The third-order valence-corrected chi connectivity index (χ3v) is 12.2. The lowest BCUT2D eigenvalue weighted by molar-refractivity contribution is -0.175. The third kappa shape index (κ3) is 5.09. The molecule has 3 saturated carbocycles. The average Bonchev–Trinajstić information content (AvgIpc) is 3.57. The number of aliphatic hydroxyl groups excluding tert-OH is 2. The molecule has 4 aliphatic carbocycles. The van der Waals surface area contributed by atoms with Crippen molar-refractivity contribution in [2.24, 2.45) is 39.3 Å². The van der Waals surface area contributed by atoms with Gasteiger partial charge in [-0.1, -0.05) is 31.2 Å². The molecule has 1 heterocycles. The van der Waals surface area contributed by atoms with Gasteiger partial charge in [-0.25, -0.2) is 14.2 Å². The highest BCUT2D eigenvalue weighted by atomic mass is 32.2. The summed E-state index contributed by atoms with van der Waals surface area (Å²) in [6, 6.07) is 7.72. The van der Waals surface area contributed by atoms with Gasteiger partial charge in [-0.2, -0.15) is 0 Å². The molecular weight excluding hydrogens is 595 g/mol. The molecule has 0 spiro atoms. The molecule has 0 bridgehead atoms. The van der Waals surface area contributed by atoms with E-state index in [0.717, 1.165) is 35.9 Å². The highest BCUT2D eigenvalue weighted by Gasteiger charge is 2.70. The Hall–Kier alpha value is -3.21. The minimum absolute atomic E-state index is 0.0213. The molecule has 240 valence electrons. The van der Waals surface area contributed by atoms with Crippen molar-refractivity contribution >= 4 is 34.2 Å². The van der Waals surface area contributed by atoms with E-state index in [4.69, 9.17) is 19.9 Å². The number of aliphatic hydroxyl groups is 2. The van der Waals surface area contributed by atoms with Crippen molar-refractivity contribution in [1.82, 2.24) is 0 Å². The van der Waals surface area contributed by atoms with Gasteiger partial charge in [0.2, 0.25) is 10.9 Å². The van der Waals surface area contributed by atoms with Crippen LogP contribution in [-0.2, 0) is 9.53 Å². The van der Waals surface area contributed by atoms with Crippen molar-refractivity contribution in [2.75, 3.05) is 12.4 Å². The summed E-state index contributed by atoms with van der Waals surface area (Å²) in [5.41, 5.74) is 7.55. The van der Waals surface area contributed by atoms with Crippen LogP contribution in [0.3, 0.4) is 0 Å². The van der Waals surface area contributed by atoms with Crippen LogP contribution in [-0.4, -0.2) is 51.1 Å². The van der Waals surface area contributed by atoms with Gasteiger partial charge in [0.05, 0.1) is 30.4 Å². The van der Waals surface area contributed by atoms with Gasteiger partial charge in [0.25, 0.3) is 0 Å². The highest BCUT2D eigenvalue weighted by Crippen LogP contribution is 2.69. The second kappa shape index (κ2) is 11.9. The number of aryl methyl sites for hydroxylation is 1. The molecule has 0 radical (unpaired) electrons. The molecule has 7 atom stereocenters. The van der Waals surface area contributed by atoms with Crippen LogP contribution in [0.2, 0.25) is 0 Å². The number of thioether (sulfide) groups is 1. The standard InChI is InChI=1S/C35H41FN2O6S/c1-20-11-14-43-30(20)31(41)44-35(32(42)45-15-13-39)12-10-26-25-9-4-22-16-27(38-24-7-5-23(36)6-8-24)21(19-37)17-33(22,2)29(25)28(40)18-34(26,35)3/h5-8,11,14,16,19,25-26,28-29,39-40H,4,9-10,12-13,15,17-18,37H2,1-3H3/t25-,26?,28?,29?,33-,34-,35-/m0/s1. The Kier molecular flexibility index (Phi) is 8.37. The Morgan fingerprint density at radius 3 is 2.64 bits per heavy atom. The van der Waals surface area contributed by atoms with Gasteiger partial charge in [-0.3, -0.25) is 4.79 Å². The summed E-state index contributed by atoms with van der Waals surface area (Å²) < 4.78 is 25.2. The van der Waals surface area contributed by atoms with E-state index in [-0.39, 0.29) is 58.6 Å². The van der Waals surface area contributed by atoms with Gasteiger partial charge in [0, 0.05) is 16.7 Å². The number of carbonyl (C=O) groups excluding carboxylic acids is 2. The summed E-state index contributed by atoms with van der Waals surface area (Å²) in [6.45, 7) is 5.77. The largest absolute Gasteiger partial charge is 0.457 e. The smallest absolute Gasteiger partial charge is 0.375 e. The number of nitrogens with two attached hydrogens (primary N) is 1. The fourth-order valence-corrected chi connectivity index (χ4v) is 10.0. The van der Waals surface area contributed by atoms with E-state index in [0.29, 0.717) is 30.5 Å². The highest BCUT2D eigenvalue weighted by molar-refractivity contribution is 8.13. The number of nitrogens with zero attached hydrogens (tertiary/aromatic N) is 1. The molecule has 1 aromatic carbocycles. The third-order valence-electron chi connectivity index (χ3n) is 11.2. The van der Waals surface area contributed by atoms with Gasteiger partial charge in [-0.15, -0.1) is 0 Å². The van der Waals surface area contributed by atoms with Crippen LogP contribution in [0.5, 0.6) is 0 Å². The summed E-state index contributed by atoms with van der Waals surface area (Å²) in [5, 5.41) is 21.3. The maximum absolute atomic E-state index is 14.0. The normalized spacial score (nSPS) is 35.8. The SMILES string of the molecule is Cc1ccoc1C(=O)O[C@]1(C(=O)SCCO)CCC2[C@@H]3CCC4=CC(=Nc5ccc(F)cc5)C(=CN)C[C@]4(C)C3C(O)C[C@@]21C. The molecule has 10 heteroatoms. The van der Waals surface area contributed by atoms with Crippen molar-refractivity contribution in [3.63, 3.8) is 0 Å². The first kappa shape index (κ1) is 31.8. The lowest BCUT2D eigenvalue weighted by Crippen LogP contribution is -2.62. The van der Waals surface area contributed by atoms with Gasteiger partial charge in [0.1, 0.15) is 5.82 Å². The monoisotopic (exact) mass is 636 g/mol. The number of hydrogen-bond donors (Lipinski definition) is 3. The van der Waals surface area contributed by atoms with Crippen molar-refractivity contribution < 1.29 is 33.3 Å². The fourth-order valence-electron chi connectivity index (χ4n) is 9.16. The van der Waals surface area contributed by atoms with Crippen LogP contribution in [0, 0.1) is 41.3 Å². The molecule has 3 fully saturated rings. The lowest BCUT2D eigenvalue weighted by atomic mass is 9.45. The fraction of sp³-hybridized carbons (Fsp3) is 0.514. The number of ether oxygens (including phenoxy) is 1. The number of hydrogen-bond acceptors (Lipinski definition) is 9. The van der Waals surface area contributed by atoms with Crippen molar-refractivity contribution in [3.05, 3.63) is 77.2 Å². The van der Waals surface area contributed by atoms with Crippen molar-refractivity contribution in [1.29, 1.82) is 0 Å². The van der Waals surface area contributed by atoms with Gasteiger partial charge in [0.15, 0.2) is 5.60 Å². The van der Waals surface area contributed by atoms with Crippen LogP contribution < -0.4 is 5.73 Å². The van der Waals surface area contributed by atoms with Gasteiger partial charge in [-0.05, 0) is 117 Å². The second-order valence-electron chi connectivity index (χ2n) is 13.5. The maximum atomic E-state index is 14.0. The predicted octanol–water partition coefficient (Wildman–Crippen LogP) is 6.03. The number of carbonyl (C=O) groups is 2. The second-order valence-corrected chi connectivity index (χ2v) is 14.6. The molecule has 45 heavy (non-hydrogen) atoms. The molecular formula is C35H41FN2O6S. The molecule has 0 amide bonds. The van der Waals surface area contributed by atoms with E-state index in [1.807, 2.05) is 6.92 Å². The summed E-state index contributed by atoms with van der Waals surface area (Å²) in [4.78, 5) is 32.3. The molecule has 4 N–H and O–H groups in total. The summed E-state index contributed by atoms with van der Waals surface area (Å²) in [6.07, 6.45) is 7.83. The average molecular weight is 637 g/mol. The summed E-state index contributed by atoms with van der Waals surface area (Å²) in [7, 11) is 0. The van der Waals surface area contributed by atoms with Crippen LogP contribution in [0.25, 0.3) is 0 Å². The zero-order valence-electron chi connectivity index (χ0n) is 25.9. The Bertz CT molecular complexity index is 1580. The molecule has 4 aliphatic rings. The number of allylic oxidation sites excluding steroid dienone is 3. The van der Waals surface area contributed by atoms with Crippen LogP contribution in [0.1, 0.15) is 68.5 Å². The first-order valence-electron chi connectivity index (χ1n) is 15.7. The molecule has 0 aliphatic heterocycles. The van der Waals surface area contributed by atoms with Crippen LogP contribution >= 0.6 is 11.8 Å². The molecule has 3 unspecified atom stereocenters. The topological polar surface area (TPSA) is 135 Å². The van der Waals surface area contributed by atoms with E-state index in [1.54, 1.807) is 31.3 Å². The summed E-state index contributed by atoms with van der Waals surface area (Å²) in [5.74, 6) is -0.753. The first-order valence-corrected chi connectivity index (χ1v) is 16.7. The number of halogens is 1. The summed E-state index contributed by atoms with van der Waals surface area (Å²) >= 11 is 0.980. The van der Waals surface area contributed by atoms with Crippen molar-refractivity contribution in [2.45, 2.75) is 71.0 Å². The number of aliphatic imine (C=N–C) groups is 1. The molecule has 0 saturated heterocycles. The number of rotatable bonds is 6. The quantitative estimate of drug-likeness (QED) is 0.327. The van der Waals surface area contributed by atoms with E-state index in [9.17, 15) is 24.2 Å². The van der Waals surface area contributed by atoms with E-state index in [2.05, 4.69) is 13.0 Å². The molecule has 1 aromatic heterocycles. The zero-order valence-corrected chi connectivity index (χ0v) is 26.7. The maximum Gasteiger partial charge on any atom is 0.375 e. The number of benzene rings is 1. The molecule has 2 aromatic rings. The van der Waals surface area contributed by atoms with Crippen LogP contribution in [0.4, 0.5) is 10.1 Å². The Morgan fingerprint density at radius 2 is 1.98 bits per heavy atom.